The molecule has 0 radical (unpaired) electrons. The number of nitro benzene ring substituents is 1. The number of nitro groups is 1. The normalized spacial score (nSPS) is 26.3. The summed E-state index contributed by atoms with van der Waals surface area (Å²) in [5.74, 6) is -5.10. The molecule has 22 heteroatoms. The lowest BCUT2D eigenvalue weighted by Crippen LogP contribution is -2.69. The number of nitrogens with zero attached hydrogens (tertiary/aromatic N) is 1. The van der Waals surface area contributed by atoms with Gasteiger partial charge in [0, 0.05) is 46.8 Å². The first-order valence-corrected chi connectivity index (χ1v) is 18.5. The average molecular weight is 855 g/mol. The van der Waals surface area contributed by atoms with E-state index in [1.807, 2.05) is 0 Å². The lowest BCUT2D eigenvalue weighted by atomic mass is 9.94. The number of esters is 6. The van der Waals surface area contributed by atoms with Crippen molar-refractivity contribution in [3.63, 3.8) is 0 Å². The third-order valence-electron chi connectivity index (χ3n) is 8.36. The summed E-state index contributed by atoms with van der Waals surface area (Å²) in [6.45, 7) is 11.8. The molecule has 1 aromatic carbocycles. The van der Waals surface area contributed by atoms with E-state index in [2.05, 4.69) is 11.9 Å². The Labute approximate surface area is 344 Å². The molecule has 0 bridgehead atoms. The molecular formula is C38H50N2O20. The maximum absolute atomic E-state index is 13.5. The summed E-state index contributed by atoms with van der Waals surface area (Å²) in [7, 11) is 0. The van der Waals surface area contributed by atoms with Gasteiger partial charge in [0.2, 0.25) is 0 Å². The van der Waals surface area contributed by atoms with Crippen LogP contribution < -0.4 is 5.32 Å². The van der Waals surface area contributed by atoms with Crippen molar-refractivity contribution in [2.45, 2.75) is 123 Å². The van der Waals surface area contributed by atoms with E-state index in [1.54, 1.807) is 20.8 Å². The van der Waals surface area contributed by atoms with Crippen molar-refractivity contribution >= 4 is 47.6 Å². The molecule has 2 fully saturated rings. The molecule has 2 aliphatic heterocycles. The smallest absolute Gasteiger partial charge is 0.407 e. The van der Waals surface area contributed by atoms with Crippen LogP contribution in [0.15, 0.2) is 36.9 Å². The van der Waals surface area contributed by atoms with Crippen LogP contribution in [0, 0.1) is 15.5 Å². The first-order valence-electron chi connectivity index (χ1n) is 18.5. The third kappa shape index (κ3) is 14.5. The van der Waals surface area contributed by atoms with Crippen molar-refractivity contribution in [1.29, 1.82) is 0 Å². The van der Waals surface area contributed by atoms with E-state index in [-0.39, 0.29) is 12.3 Å². The van der Waals surface area contributed by atoms with Crippen LogP contribution in [0.5, 0.6) is 0 Å². The predicted octanol–water partition coefficient (Wildman–Crippen LogP) is 2.11. The molecule has 0 unspecified atom stereocenters. The Kier molecular flexibility index (Phi) is 17.9. The van der Waals surface area contributed by atoms with Crippen LogP contribution in [-0.2, 0) is 87.5 Å². The molecule has 332 valence electrons. The van der Waals surface area contributed by atoms with Crippen molar-refractivity contribution < 1.29 is 90.6 Å². The van der Waals surface area contributed by atoms with E-state index in [0.717, 1.165) is 34.6 Å². The Balaban J connectivity index is 2.19. The fourth-order valence-electron chi connectivity index (χ4n) is 5.86. The predicted molar refractivity (Wildman–Crippen MR) is 198 cm³/mol. The number of carbonyl (C=O) groups is 7. The summed E-state index contributed by atoms with van der Waals surface area (Å²) in [5.41, 5.74) is -0.868. The first-order chi connectivity index (χ1) is 28.1. The van der Waals surface area contributed by atoms with Crippen LogP contribution in [0.4, 0.5) is 10.5 Å². The van der Waals surface area contributed by atoms with Gasteiger partial charge in [-0.1, -0.05) is 6.08 Å². The van der Waals surface area contributed by atoms with E-state index >= 15 is 0 Å². The second kappa shape index (κ2) is 22.1. The minimum absolute atomic E-state index is 0.185. The molecule has 1 N–H and O–H groups in total. The molecule has 3 rings (SSSR count). The molecule has 0 saturated carbocycles. The van der Waals surface area contributed by atoms with Crippen LogP contribution in [0.1, 0.15) is 61.0 Å². The number of non-ortho nitro benzene ring substituents is 1. The summed E-state index contributed by atoms with van der Waals surface area (Å²) in [6.07, 6.45) is -14.4. The third-order valence-corrected chi connectivity index (χ3v) is 8.36. The summed E-state index contributed by atoms with van der Waals surface area (Å²) >= 11 is 0. The van der Waals surface area contributed by atoms with Crippen molar-refractivity contribution in [3.05, 3.63) is 52.6 Å². The maximum atomic E-state index is 13.5. The lowest BCUT2D eigenvalue weighted by molar-refractivity contribution is -0.384. The lowest BCUT2D eigenvalue weighted by Gasteiger charge is -2.49. The molecule has 0 spiro atoms. The van der Waals surface area contributed by atoms with Gasteiger partial charge in [-0.2, -0.15) is 0 Å². The SMILES string of the molecule is C=CCO[C@H]1O[C@H](COC(=O)C(C)(C)C)[C@H](OC(C)=O)[C@H](O[C@@H]2O[C@H](COC(C)=O)[C@H](OC(C)=O)[C@H](OC(C)=O)[C@H]2NC(=O)OCc2ccc([N+](=O)[O-])cc2)[C@H]1OC(C)=O. The molecule has 22 nitrogen and oxygen atoms in total. The molecule has 1 aromatic rings. The highest BCUT2D eigenvalue weighted by molar-refractivity contribution is 5.75. The van der Waals surface area contributed by atoms with Crippen molar-refractivity contribution in [2.75, 3.05) is 19.8 Å². The van der Waals surface area contributed by atoms with Gasteiger partial charge in [0.25, 0.3) is 5.69 Å². The fraction of sp³-hybridized carbons (Fsp3) is 0.605. The largest absolute Gasteiger partial charge is 0.463 e. The van der Waals surface area contributed by atoms with Gasteiger partial charge < -0.3 is 57.4 Å². The molecule has 2 heterocycles. The number of carbonyl (C=O) groups excluding carboxylic acids is 7. The van der Waals surface area contributed by atoms with Crippen molar-refractivity contribution in [3.8, 4) is 0 Å². The van der Waals surface area contributed by atoms with E-state index in [0.29, 0.717) is 5.56 Å². The van der Waals surface area contributed by atoms with Gasteiger partial charge in [-0.15, -0.1) is 6.58 Å². The molecule has 60 heavy (non-hydrogen) atoms. The topological polar surface area (TPSA) is 276 Å². The number of hydrogen-bond donors (Lipinski definition) is 1. The van der Waals surface area contributed by atoms with Crippen LogP contribution >= 0.6 is 0 Å². The number of ether oxygens (including phenoxy) is 11. The number of hydrogen-bond acceptors (Lipinski definition) is 20. The van der Waals surface area contributed by atoms with Gasteiger partial charge in [0.05, 0.1) is 16.9 Å². The van der Waals surface area contributed by atoms with Gasteiger partial charge in [-0.3, -0.25) is 38.9 Å². The van der Waals surface area contributed by atoms with E-state index < -0.39 is 133 Å². The van der Waals surface area contributed by atoms with Crippen molar-refractivity contribution in [1.82, 2.24) is 5.32 Å². The van der Waals surface area contributed by atoms with E-state index in [4.69, 9.17) is 52.1 Å². The highest BCUT2D eigenvalue weighted by Gasteiger charge is 2.57. The van der Waals surface area contributed by atoms with Gasteiger partial charge in [-0.25, -0.2) is 4.79 Å². The summed E-state index contributed by atoms with van der Waals surface area (Å²) in [5, 5.41) is 13.6. The first kappa shape index (κ1) is 48.7. The average Bonchev–Trinajstić information content (AvgIpc) is 3.14. The van der Waals surface area contributed by atoms with Gasteiger partial charge in [-0.05, 0) is 38.5 Å². The maximum Gasteiger partial charge on any atom is 0.407 e. The number of nitrogens with one attached hydrogen (secondary N) is 1. The summed E-state index contributed by atoms with van der Waals surface area (Å²) in [6, 6.07) is 3.35. The molecule has 10 atom stereocenters. The molecule has 2 aliphatic rings. The van der Waals surface area contributed by atoms with E-state index in [1.165, 1.54) is 30.3 Å². The number of benzene rings is 1. The Morgan fingerprint density at radius 3 is 1.72 bits per heavy atom. The van der Waals surface area contributed by atoms with Crippen LogP contribution in [0.25, 0.3) is 0 Å². The fourth-order valence-corrected chi connectivity index (χ4v) is 5.86. The summed E-state index contributed by atoms with van der Waals surface area (Å²) < 4.78 is 63.0. The molecule has 2 saturated heterocycles. The Morgan fingerprint density at radius 1 is 0.717 bits per heavy atom. The Hall–Kier alpha value is -5.71. The highest BCUT2D eigenvalue weighted by atomic mass is 16.8. The second-order valence-electron chi connectivity index (χ2n) is 14.4. The molecule has 0 aliphatic carbocycles. The Morgan fingerprint density at radius 2 is 1.22 bits per heavy atom. The zero-order chi connectivity index (χ0) is 44.9. The number of amides is 1. The van der Waals surface area contributed by atoms with Gasteiger partial charge >= 0.3 is 41.9 Å². The minimum atomic E-state index is -1.88. The standard InChI is InChI=1S/C38H50N2O20/c1-10-15-50-35-33(57-23(6)45)32(30(55-21(4)43)27(59-35)18-52-36(46)38(7,8)9)60-34-28(39-37(47)53-16-24-11-13-25(14-12-24)40(48)49)31(56-22(5)44)29(54-20(3)42)26(58-34)17-51-19(2)41/h10-14,26-35H,1,15-18H2,2-9H3,(H,39,47)/t26-,27-,28-,29+,30+,31-,32+,33-,34+,35+/m1/s1. The Bertz CT molecular complexity index is 1730. The van der Waals surface area contributed by atoms with Crippen molar-refractivity contribution in [2.24, 2.45) is 5.41 Å². The number of alkyl carbamates (subject to hydrolysis) is 1. The van der Waals surface area contributed by atoms with E-state index in [9.17, 15) is 43.7 Å². The van der Waals surface area contributed by atoms with Gasteiger partial charge in [0.1, 0.15) is 44.2 Å². The van der Waals surface area contributed by atoms with Crippen LogP contribution in [-0.4, -0.2) is 128 Å². The molecular weight excluding hydrogens is 804 g/mol. The second-order valence-corrected chi connectivity index (χ2v) is 14.4. The molecule has 0 aromatic heterocycles. The highest BCUT2D eigenvalue weighted by Crippen LogP contribution is 2.35. The zero-order valence-corrected chi connectivity index (χ0v) is 34.3. The minimum Gasteiger partial charge on any atom is -0.463 e. The van der Waals surface area contributed by atoms with Crippen LogP contribution in [0.3, 0.4) is 0 Å². The monoisotopic (exact) mass is 854 g/mol. The molecule has 1 amide bonds. The van der Waals surface area contributed by atoms with Crippen LogP contribution in [0.2, 0.25) is 0 Å². The summed E-state index contributed by atoms with van der Waals surface area (Å²) in [4.78, 5) is 99.2. The number of rotatable bonds is 17. The van der Waals surface area contributed by atoms with Gasteiger partial charge in [0.15, 0.2) is 37.0 Å². The zero-order valence-electron chi connectivity index (χ0n) is 34.3. The quantitative estimate of drug-likeness (QED) is 0.0772.